The van der Waals surface area contributed by atoms with Crippen LogP contribution in [0.3, 0.4) is 0 Å². The van der Waals surface area contributed by atoms with E-state index in [-0.39, 0.29) is 12.6 Å². The second kappa shape index (κ2) is 6.58. The minimum absolute atomic E-state index is 0.0663. The van der Waals surface area contributed by atoms with Gasteiger partial charge in [0.25, 0.3) is 0 Å². The molecule has 1 aliphatic rings. The van der Waals surface area contributed by atoms with Crippen LogP contribution in [0, 0.1) is 11.3 Å². The van der Waals surface area contributed by atoms with Crippen molar-refractivity contribution in [1.29, 1.82) is 0 Å². The average molecular weight is 228 g/mol. The van der Waals surface area contributed by atoms with Crippen molar-refractivity contribution in [2.45, 2.75) is 52.0 Å². The average Bonchev–Trinajstić information content (AvgIpc) is 2.30. The Morgan fingerprint density at radius 3 is 2.50 bits per heavy atom. The van der Waals surface area contributed by atoms with Gasteiger partial charge in [0.1, 0.15) is 0 Å². The summed E-state index contributed by atoms with van der Waals surface area (Å²) in [5.74, 6) is 0.846. The van der Waals surface area contributed by atoms with Crippen molar-refractivity contribution in [1.82, 2.24) is 5.32 Å². The van der Waals surface area contributed by atoms with Gasteiger partial charge in [-0.05, 0) is 24.2 Å². The van der Waals surface area contributed by atoms with E-state index in [9.17, 15) is 0 Å². The van der Waals surface area contributed by atoms with Gasteiger partial charge in [-0.2, -0.15) is 0 Å². The number of aliphatic hydroxyl groups excluding tert-OH is 1. The second-order valence-electron chi connectivity index (χ2n) is 5.90. The Labute approximate surface area is 99.8 Å². The molecule has 0 aromatic heterocycles. The quantitative estimate of drug-likeness (QED) is 0.646. The van der Waals surface area contributed by atoms with Gasteiger partial charge in [0, 0.05) is 19.1 Å². The van der Waals surface area contributed by atoms with E-state index in [1.165, 1.54) is 32.1 Å². The molecule has 1 atom stereocenters. The van der Waals surface area contributed by atoms with E-state index in [0.29, 0.717) is 12.0 Å². The molecule has 3 heteroatoms. The third kappa shape index (κ3) is 4.40. The predicted molar refractivity (Wildman–Crippen MR) is 68.3 cm³/mol. The third-order valence-electron chi connectivity index (χ3n) is 3.93. The summed E-state index contributed by atoms with van der Waals surface area (Å²) >= 11 is 0. The van der Waals surface area contributed by atoms with Crippen LogP contribution < -0.4 is 11.1 Å². The Balaban J connectivity index is 2.26. The van der Waals surface area contributed by atoms with Gasteiger partial charge in [-0.25, -0.2) is 0 Å². The molecule has 0 aromatic carbocycles. The van der Waals surface area contributed by atoms with E-state index in [2.05, 4.69) is 19.2 Å². The lowest BCUT2D eigenvalue weighted by Gasteiger charge is -2.37. The molecule has 0 aliphatic heterocycles. The van der Waals surface area contributed by atoms with Gasteiger partial charge in [-0.1, -0.05) is 33.1 Å². The highest BCUT2D eigenvalue weighted by Crippen LogP contribution is 2.37. The number of nitrogens with two attached hydrogens (primary N) is 1. The van der Waals surface area contributed by atoms with Gasteiger partial charge < -0.3 is 16.2 Å². The van der Waals surface area contributed by atoms with Crippen LogP contribution in [0.4, 0.5) is 0 Å². The highest BCUT2D eigenvalue weighted by molar-refractivity contribution is 4.83. The molecule has 4 N–H and O–H groups in total. The van der Waals surface area contributed by atoms with Crippen LogP contribution >= 0.6 is 0 Å². The van der Waals surface area contributed by atoms with Crippen molar-refractivity contribution in [3.63, 3.8) is 0 Å². The van der Waals surface area contributed by atoms with Crippen molar-refractivity contribution < 1.29 is 5.11 Å². The van der Waals surface area contributed by atoms with Gasteiger partial charge in [0.2, 0.25) is 0 Å². The second-order valence-corrected chi connectivity index (χ2v) is 5.90. The molecule has 0 amide bonds. The maximum absolute atomic E-state index is 8.85. The summed E-state index contributed by atoms with van der Waals surface area (Å²) < 4.78 is 0. The lowest BCUT2D eigenvalue weighted by Crippen LogP contribution is -2.43. The summed E-state index contributed by atoms with van der Waals surface area (Å²) in [5.41, 5.74) is 6.03. The zero-order chi connectivity index (χ0) is 12.0. The monoisotopic (exact) mass is 228 g/mol. The zero-order valence-electron chi connectivity index (χ0n) is 10.8. The van der Waals surface area contributed by atoms with Crippen molar-refractivity contribution >= 4 is 0 Å². The number of nitrogens with one attached hydrogen (secondary N) is 1. The maximum atomic E-state index is 8.85. The van der Waals surface area contributed by atoms with Crippen molar-refractivity contribution in [3.05, 3.63) is 0 Å². The van der Waals surface area contributed by atoms with Crippen molar-refractivity contribution in [2.24, 2.45) is 17.1 Å². The highest BCUT2D eigenvalue weighted by Gasteiger charge is 2.30. The minimum atomic E-state index is -0.123. The molecule has 1 aliphatic carbocycles. The van der Waals surface area contributed by atoms with Crippen molar-refractivity contribution in [3.8, 4) is 0 Å². The van der Waals surface area contributed by atoms with Crippen LogP contribution in [0.25, 0.3) is 0 Å². The fourth-order valence-corrected chi connectivity index (χ4v) is 2.67. The van der Waals surface area contributed by atoms with Crippen LogP contribution in [0.5, 0.6) is 0 Å². The summed E-state index contributed by atoms with van der Waals surface area (Å²) in [4.78, 5) is 0. The first-order valence-electron chi connectivity index (χ1n) is 6.63. The lowest BCUT2D eigenvalue weighted by molar-refractivity contribution is 0.152. The van der Waals surface area contributed by atoms with Gasteiger partial charge in [0.05, 0.1) is 6.61 Å². The fourth-order valence-electron chi connectivity index (χ4n) is 2.67. The summed E-state index contributed by atoms with van der Waals surface area (Å²) in [6, 6.07) is -0.123. The van der Waals surface area contributed by atoms with Gasteiger partial charge in [-0.3, -0.25) is 0 Å². The molecule has 0 bridgehead atoms. The Bertz CT molecular complexity index is 188. The first-order chi connectivity index (χ1) is 7.56. The van der Waals surface area contributed by atoms with Gasteiger partial charge in [-0.15, -0.1) is 0 Å². The first-order valence-corrected chi connectivity index (χ1v) is 6.63. The van der Waals surface area contributed by atoms with Crippen LogP contribution in [-0.4, -0.2) is 30.8 Å². The Morgan fingerprint density at radius 2 is 1.94 bits per heavy atom. The normalized spacial score (nSPS) is 21.0. The van der Waals surface area contributed by atoms with Crippen molar-refractivity contribution in [2.75, 3.05) is 19.7 Å². The molecule has 0 saturated heterocycles. The van der Waals surface area contributed by atoms with Crippen LogP contribution in [0.2, 0.25) is 0 Å². The van der Waals surface area contributed by atoms with E-state index in [1.54, 1.807) is 0 Å². The van der Waals surface area contributed by atoms with E-state index in [1.807, 2.05) is 0 Å². The Morgan fingerprint density at radius 1 is 1.31 bits per heavy atom. The number of aliphatic hydroxyl groups is 1. The fraction of sp³-hybridized carbons (Fsp3) is 1.00. The molecular formula is C13H28N2O. The van der Waals surface area contributed by atoms with Crippen LogP contribution in [0.15, 0.2) is 0 Å². The topological polar surface area (TPSA) is 58.3 Å². The minimum Gasteiger partial charge on any atom is -0.395 e. The number of hydrogen-bond acceptors (Lipinski definition) is 3. The Kier molecular flexibility index (Phi) is 5.73. The van der Waals surface area contributed by atoms with Gasteiger partial charge >= 0.3 is 0 Å². The Hall–Kier alpha value is -0.120. The van der Waals surface area contributed by atoms with E-state index >= 15 is 0 Å². The SMILES string of the molecule is CC(C)(CNCC(N)CO)C1CCCCC1. The predicted octanol–water partition coefficient (Wildman–Crippen LogP) is 1.50. The summed E-state index contributed by atoms with van der Waals surface area (Å²) in [7, 11) is 0. The molecule has 1 rings (SSSR count). The molecular weight excluding hydrogens is 200 g/mol. The first kappa shape index (κ1) is 13.9. The zero-order valence-corrected chi connectivity index (χ0v) is 10.8. The summed E-state index contributed by atoms with van der Waals surface area (Å²) in [6.45, 7) is 6.48. The standard InChI is InChI=1S/C13H28N2O/c1-13(2,10-15-8-12(14)9-16)11-6-4-3-5-7-11/h11-12,15-16H,3-10,14H2,1-2H3. The lowest BCUT2D eigenvalue weighted by atomic mass is 9.71. The largest absolute Gasteiger partial charge is 0.395 e. The van der Waals surface area contributed by atoms with E-state index in [0.717, 1.165) is 12.5 Å². The maximum Gasteiger partial charge on any atom is 0.0594 e. The molecule has 0 radical (unpaired) electrons. The van der Waals surface area contributed by atoms with E-state index < -0.39 is 0 Å². The van der Waals surface area contributed by atoms with Gasteiger partial charge in [0.15, 0.2) is 0 Å². The smallest absolute Gasteiger partial charge is 0.0594 e. The molecule has 0 heterocycles. The highest BCUT2D eigenvalue weighted by atomic mass is 16.3. The van der Waals surface area contributed by atoms with Crippen LogP contribution in [-0.2, 0) is 0 Å². The molecule has 3 nitrogen and oxygen atoms in total. The van der Waals surface area contributed by atoms with E-state index in [4.69, 9.17) is 10.8 Å². The molecule has 96 valence electrons. The molecule has 16 heavy (non-hydrogen) atoms. The molecule has 1 saturated carbocycles. The summed E-state index contributed by atoms with van der Waals surface area (Å²) in [5, 5.41) is 12.2. The summed E-state index contributed by atoms with van der Waals surface area (Å²) in [6.07, 6.45) is 6.95. The van der Waals surface area contributed by atoms with Crippen LogP contribution in [0.1, 0.15) is 46.0 Å². The number of hydrogen-bond donors (Lipinski definition) is 3. The molecule has 1 fully saturated rings. The molecule has 1 unspecified atom stereocenters. The molecule has 0 aromatic rings. The molecule has 0 spiro atoms. The third-order valence-corrected chi connectivity index (χ3v) is 3.93. The number of rotatable bonds is 6.